The van der Waals surface area contributed by atoms with Gasteiger partial charge in [-0.3, -0.25) is 9.59 Å². The van der Waals surface area contributed by atoms with Crippen LogP contribution in [0.2, 0.25) is 0 Å². The number of hydrogen-bond acceptors (Lipinski definition) is 3. The molecule has 1 aliphatic rings. The smallest absolute Gasteiger partial charge is 0.208 e. The van der Waals surface area contributed by atoms with Gasteiger partial charge in [-0.15, -0.1) is 0 Å². The molecule has 1 aromatic heterocycles. The van der Waals surface area contributed by atoms with Gasteiger partial charge in [0.25, 0.3) is 0 Å². The molecule has 15 heavy (non-hydrogen) atoms. The maximum absolute atomic E-state index is 11.9. The molecule has 1 heterocycles. The van der Waals surface area contributed by atoms with E-state index < -0.39 is 5.92 Å². The molecular formula is C12H14O3. The average Bonchev–Trinajstić information content (AvgIpc) is 2.68. The van der Waals surface area contributed by atoms with Gasteiger partial charge in [0.15, 0.2) is 5.76 Å². The highest BCUT2D eigenvalue weighted by atomic mass is 16.3. The van der Waals surface area contributed by atoms with Crippen molar-refractivity contribution in [2.24, 2.45) is 5.92 Å². The van der Waals surface area contributed by atoms with Crippen LogP contribution in [0.25, 0.3) is 0 Å². The largest absolute Gasteiger partial charge is 0.461 e. The molecule has 1 fully saturated rings. The quantitative estimate of drug-likeness (QED) is 0.424. The van der Waals surface area contributed by atoms with Crippen LogP contribution in [0.3, 0.4) is 0 Å². The Morgan fingerprint density at radius 1 is 1.33 bits per heavy atom. The van der Waals surface area contributed by atoms with Gasteiger partial charge in [0.1, 0.15) is 5.78 Å². The zero-order valence-electron chi connectivity index (χ0n) is 8.57. The SMILES string of the molecule is O=C1CCCCCC1C(=O)c1ccco1. The molecule has 1 aromatic rings. The van der Waals surface area contributed by atoms with Gasteiger partial charge in [0, 0.05) is 6.42 Å². The topological polar surface area (TPSA) is 47.3 Å². The zero-order valence-corrected chi connectivity index (χ0v) is 8.57. The van der Waals surface area contributed by atoms with Crippen molar-refractivity contribution < 1.29 is 14.0 Å². The van der Waals surface area contributed by atoms with Gasteiger partial charge in [-0.2, -0.15) is 0 Å². The van der Waals surface area contributed by atoms with Gasteiger partial charge < -0.3 is 4.42 Å². The summed E-state index contributed by atoms with van der Waals surface area (Å²) in [6.45, 7) is 0. The first kappa shape index (κ1) is 10.1. The van der Waals surface area contributed by atoms with Crippen LogP contribution in [0.4, 0.5) is 0 Å². The molecule has 1 atom stereocenters. The Morgan fingerprint density at radius 3 is 2.93 bits per heavy atom. The molecule has 3 nitrogen and oxygen atoms in total. The van der Waals surface area contributed by atoms with Crippen LogP contribution in [0.1, 0.15) is 42.7 Å². The van der Waals surface area contributed by atoms with E-state index in [0.29, 0.717) is 18.6 Å². The monoisotopic (exact) mass is 206 g/mol. The summed E-state index contributed by atoms with van der Waals surface area (Å²) in [6.07, 6.45) is 5.61. The van der Waals surface area contributed by atoms with E-state index in [1.807, 2.05) is 0 Å². The summed E-state index contributed by atoms with van der Waals surface area (Å²) in [5.41, 5.74) is 0. The van der Waals surface area contributed by atoms with Crippen LogP contribution < -0.4 is 0 Å². The summed E-state index contributed by atoms with van der Waals surface area (Å²) in [7, 11) is 0. The molecule has 0 amide bonds. The summed E-state index contributed by atoms with van der Waals surface area (Å²) in [5.74, 6) is -0.213. The maximum atomic E-state index is 11.9. The molecule has 0 N–H and O–H groups in total. The van der Waals surface area contributed by atoms with Crippen LogP contribution in [0.5, 0.6) is 0 Å². The van der Waals surface area contributed by atoms with Crippen LogP contribution in [-0.4, -0.2) is 11.6 Å². The van der Waals surface area contributed by atoms with Crippen molar-refractivity contribution in [1.29, 1.82) is 0 Å². The van der Waals surface area contributed by atoms with Crippen molar-refractivity contribution in [3.05, 3.63) is 24.2 Å². The van der Waals surface area contributed by atoms with E-state index in [0.717, 1.165) is 19.3 Å². The first-order valence-electron chi connectivity index (χ1n) is 5.39. The minimum Gasteiger partial charge on any atom is -0.461 e. The molecule has 0 aromatic carbocycles. The molecule has 2 rings (SSSR count). The molecule has 80 valence electrons. The highest BCUT2D eigenvalue weighted by molar-refractivity contribution is 6.09. The standard InChI is InChI=1S/C12H14O3/c13-10-6-3-1-2-5-9(10)12(14)11-7-4-8-15-11/h4,7-9H,1-3,5-6H2. The van der Waals surface area contributed by atoms with E-state index >= 15 is 0 Å². The maximum Gasteiger partial charge on any atom is 0.208 e. The highest BCUT2D eigenvalue weighted by Gasteiger charge is 2.29. The lowest BCUT2D eigenvalue weighted by Crippen LogP contribution is -2.22. The van der Waals surface area contributed by atoms with Gasteiger partial charge in [0.2, 0.25) is 5.78 Å². The minimum absolute atomic E-state index is 0.0777. The third-order valence-electron chi connectivity index (χ3n) is 2.89. The Kier molecular flexibility index (Phi) is 2.99. The lowest BCUT2D eigenvalue weighted by atomic mass is 9.93. The van der Waals surface area contributed by atoms with E-state index in [1.54, 1.807) is 12.1 Å². The number of Topliss-reactive ketones (excluding diaryl/α,β-unsaturated/α-hetero) is 2. The second kappa shape index (κ2) is 4.43. The number of rotatable bonds is 2. The number of hydrogen-bond donors (Lipinski definition) is 0. The minimum atomic E-state index is -0.460. The Morgan fingerprint density at radius 2 is 2.20 bits per heavy atom. The second-order valence-electron chi connectivity index (χ2n) is 3.96. The average molecular weight is 206 g/mol. The van der Waals surface area contributed by atoms with Gasteiger partial charge in [-0.25, -0.2) is 0 Å². The normalized spacial score (nSPS) is 22.4. The van der Waals surface area contributed by atoms with Crippen LogP contribution in [0, 0.1) is 5.92 Å². The number of carbonyl (C=O) groups is 2. The Bertz CT molecular complexity index is 351. The second-order valence-corrected chi connectivity index (χ2v) is 3.96. The molecular weight excluding hydrogens is 192 g/mol. The molecule has 1 aliphatic carbocycles. The van der Waals surface area contributed by atoms with Crippen molar-refractivity contribution in [2.45, 2.75) is 32.1 Å². The van der Waals surface area contributed by atoms with Gasteiger partial charge in [-0.1, -0.05) is 12.8 Å². The van der Waals surface area contributed by atoms with Gasteiger partial charge in [0.05, 0.1) is 12.2 Å². The van der Waals surface area contributed by atoms with Crippen LogP contribution >= 0.6 is 0 Å². The van der Waals surface area contributed by atoms with Crippen LogP contribution in [-0.2, 0) is 4.79 Å². The van der Waals surface area contributed by atoms with Crippen molar-refractivity contribution in [2.75, 3.05) is 0 Å². The number of carbonyl (C=O) groups excluding carboxylic acids is 2. The van der Waals surface area contributed by atoms with Crippen molar-refractivity contribution in [3.8, 4) is 0 Å². The van der Waals surface area contributed by atoms with E-state index in [9.17, 15) is 9.59 Å². The summed E-state index contributed by atoms with van der Waals surface area (Å²) < 4.78 is 5.04. The third-order valence-corrected chi connectivity index (χ3v) is 2.89. The first-order valence-corrected chi connectivity index (χ1v) is 5.39. The van der Waals surface area contributed by atoms with Gasteiger partial charge in [-0.05, 0) is 25.0 Å². The molecule has 1 unspecified atom stereocenters. The third kappa shape index (κ3) is 2.17. The predicted molar refractivity (Wildman–Crippen MR) is 54.6 cm³/mol. The summed E-state index contributed by atoms with van der Waals surface area (Å²) >= 11 is 0. The lowest BCUT2D eigenvalue weighted by molar-refractivity contribution is -0.121. The fraction of sp³-hybridized carbons (Fsp3) is 0.500. The molecule has 3 heteroatoms. The molecule has 0 bridgehead atoms. The molecule has 0 aliphatic heterocycles. The summed E-state index contributed by atoms with van der Waals surface area (Å²) in [6, 6.07) is 3.30. The number of ketones is 2. The van der Waals surface area contributed by atoms with E-state index in [-0.39, 0.29) is 11.6 Å². The molecule has 1 saturated carbocycles. The molecule has 0 radical (unpaired) electrons. The predicted octanol–water partition coefficient (Wildman–Crippen LogP) is 2.61. The summed E-state index contributed by atoms with van der Waals surface area (Å²) in [5, 5.41) is 0. The Hall–Kier alpha value is -1.38. The first-order chi connectivity index (χ1) is 7.29. The van der Waals surface area contributed by atoms with E-state index in [2.05, 4.69) is 0 Å². The fourth-order valence-electron chi connectivity index (χ4n) is 2.03. The van der Waals surface area contributed by atoms with E-state index in [4.69, 9.17) is 4.42 Å². The van der Waals surface area contributed by atoms with E-state index in [1.165, 1.54) is 6.26 Å². The lowest BCUT2D eigenvalue weighted by Gasteiger charge is -2.08. The van der Waals surface area contributed by atoms with Gasteiger partial charge >= 0.3 is 0 Å². The Labute approximate surface area is 88.5 Å². The van der Waals surface area contributed by atoms with Crippen molar-refractivity contribution in [1.82, 2.24) is 0 Å². The fourth-order valence-corrected chi connectivity index (χ4v) is 2.03. The molecule has 0 spiro atoms. The summed E-state index contributed by atoms with van der Waals surface area (Å²) in [4.78, 5) is 23.6. The van der Waals surface area contributed by atoms with Crippen molar-refractivity contribution >= 4 is 11.6 Å². The zero-order chi connectivity index (χ0) is 10.7. The van der Waals surface area contributed by atoms with Crippen LogP contribution in [0.15, 0.2) is 22.8 Å². The Balaban J connectivity index is 2.14. The molecule has 0 saturated heterocycles. The highest BCUT2D eigenvalue weighted by Crippen LogP contribution is 2.23. The number of furan rings is 1. The van der Waals surface area contributed by atoms with Crippen molar-refractivity contribution in [3.63, 3.8) is 0 Å².